The predicted octanol–water partition coefficient (Wildman–Crippen LogP) is 2.90. The first-order valence-electron chi connectivity index (χ1n) is 8.02. The van der Waals surface area contributed by atoms with E-state index in [2.05, 4.69) is 31.3 Å². The summed E-state index contributed by atoms with van der Waals surface area (Å²) in [6, 6.07) is 5.14. The van der Waals surface area contributed by atoms with Crippen LogP contribution in [-0.4, -0.2) is 27.6 Å². The van der Waals surface area contributed by atoms with E-state index in [0.29, 0.717) is 17.1 Å². The highest BCUT2D eigenvalue weighted by Gasteiger charge is 2.16. The van der Waals surface area contributed by atoms with Crippen LogP contribution in [0.5, 0.6) is 5.75 Å². The monoisotopic (exact) mass is 418 g/mol. The van der Waals surface area contributed by atoms with E-state index < -0.39 is 0 Å². The van der Waals surface area contributed by atoms with E-state index in [1.165, 1.54) is 6.07 Å². The second kappa shape index (κ2) is 6.95. The van der Waals surface area contributed by atoms with Crippen molar-refractivity contribution in [3.8, 4) is 5.75 Å². The van der Waals surface area contributed by atoms with Crippen molar-refractivity contribution < 1.29 is 9.53 Å². The summed E-state index contributed by atoms with van der Waals surface area (Å²) in [5.41, 5.74) is 4.12. The van der Waals surface area contributed by atoms with Crippen molar-refractivity contribution in [1.82, 2.24) is 14.6 Å². The van der Waals surface area contributed by atoms with Crippen molar-refractivity contribution in [2.75, 3.05) is 12.4 Å². The zero-order valence-corrected chi connectivity index (χ0v) is 16.5. The Bertz CT molecular complexity index is 1070. The largest absolute Gasteiger partial charge is 0.495 e. The molecule has 0 fully saturated rings. The molecule has 3 rings (SSSR count). The van der Waals surface area contributed by atoms with Gasteiger partial charge in [0.15, 0.2) is 5.65 Å². The quantitative estimate of drug-likeness (QED) is 0.681. The standard InChI is InChI=1S/C18H19BrN4O3/c1-9-5-12(19)6-14(26-4)18(9)21-16(24)7-13-10(2)20-15-8-17(25)22-23(15)11(13)3/h5-6,8H,7H2,1-4H3,(H,21,24)(H,22,25). The third-order valence-electron chi connectivity index (χ3n) is 4.29. The van der Waals surface area contributed by atoms with Crippen molar-refractivity contribution >= 4 is 33.2 Å². The van der Waals surface area contributed by atoms with E-state index >= 15 is 0 Å². The van der Waals surface area contributed by atoms with Crippen LogP contribution in [0.3, 0.4) is 0 Å². The molecule has 0 saturated heterocycles. The lowest BCUT2D eigenvalue weighted by Crippen LogP contribution is -2.19. The van der Waals surface area contributed by atoms with Gasteiger partial charge in [-0.1, -0.05) is 15.9 Å². The Morgan fingerprint density at radius 2 is 2.04 bits per heavy atom. The van der Waals surface area contributed by atoms with Crippen LogP contribution in [-0.2, 0) is 11.2 Å². The van der Waals surface area contributed by atoms with Gasteiger partial charge in [0, 0.05) is 27.5 Å². The summed E-state index contributed by atoms with van der Waals surface area (Å²) in [5, 5.41) is 5.61. The zero-order valence-electron chi connectivity index (χ0n) is 14.9. The number of benzene rings is 1. The smallest absolute Gasteiger partial charge is 0.266 e. The lowest BCUT2D eigenvalue weighted by atomic mass is 10.1. The molecule has 2 aromatic heterocycles. The van der Waals surface area contributed by atoms with Gasteiger partial charge in [-0.15, -0.1) is 0 Å². The number of hydrogen-bond donors (Lipinski definition) is 2. The molecule has 0 aliphatic carbocycles. The Hall–Kier alpha value is -2.61. The second-order valence-electron chi connectivity index (χ2n) is 6.10. The maximum atomic E-state index is 12.6. The van der Waals surface area contributed by atoms with Gasteiger partial charge in [-0.2, -0.15) is 0 Å². The van der Waals surface area contributed by atoms with Crippen LogP contribution in [0.4, 0.5) is 5.69 Å². The average molecular weight is 419 g/mol. The van der Waals surface area contributed by atoms with Crippen LogP contribution in [0.15, 0.2) is 27.5 Å². The number of carbonyl (C=O) groups is 1. The number of aromatic amines is 1. The molecule has 2 heterocycles. The summed E-state index contributed by atoms with van der Waals surface area (Å²) >= 11 is 3.42. The fourth-order valence-corrected chi connectivity index (χ4v) is 3.54. The number of carbonyl (C=O) groups excluding carboxylic acids is 1. The number of nitrogens with one attached hydrogen (secondary N) is 2. The Kier molecular flexibility index (Phi) is 4.86. The number of H-pyrrole nitrogens is 1. The molecule has 0 aliphatic rings. The number of ether oxygens (including phenoxy) is 1. The lowest BCUT2D eigenvalue weighted by molar-refractivity contribution is -0.115. The molecule has 1 amide bonds. The van der Waals surface area contributed by atoms with Crippen LogP contribution in [0.1, 0.15) is 22.5 Å². The number of anilines is 1. The van der Waals surface area contributed by atoms with Gasteiger partial charge in [0.25, 0.3) is 5.56 Å². The van der Waals surface area contributed by atoms with Crippen LogP contribution >= 0.6 is 15.9 Å². The summed E-state index contributed by atoms with van der Waals surface area (Å²) < 4.78 is 7.84. The van der Waals surface area contributed by atoms with E-state index in [0.717, 1.165) is 27.0 Å². The summed E-state index contributed by atoms with van der Waals surface area (Å²) in [5.74, 6) is 0.401. The number of aryl methyl sites for hydroxylation is 3. The molecule has 3 aromatic rings. The highest BCUT2D eigenvalue weighted by molar-refractivity contribution is 9.10. The van der Waals surface area contributed by atoms with Crippen LogP contribution < -0.4 is 15.6 Å². The average Bonchev–Trinajstić information content (AvgIpc) is 2.94. The third kappa shape index (κ3) is 3.37. The number of aromatic nitrogens is 3. The van der Waals surface area contributed by atoms with E-state index in [-0.39, 0.29) is 17.9 Å². The molecule has 26 heavy (non-hydrogen) atoms. The zero-order chi connectivity index (χ0) is 19.0. The molecule has 2 N–H and O–H groups in total. The van der Waals surface area contributed by atoms with E-state index in [1.54, 1.807) is 17.7 Å². The Morgan fingerprint density at radius 3 is 2.73 bits per heavy atom. The molecule has 0 saturated carbocycles. The first-order chi connectivity index (χ1) is 12.3. The molecular weight excluding hydrogens is 400 g/mol. The molecule has 136 valence electrons. The molecule has 0 radical (unpaired) electrons. The van der Waals surface area contributed by atoms with Gasteiger partial charge in [-0.05, 0) is 38.5 Å². The molecule has 7 nitrogen and oxygen atoms in total. The van der Waals surface area contributed by atoms with Gasteiger partial charge in [0.05, 0.1) is 19.2 Å². The van der Waals surface area contributed by atoms with Gasteiger partial charge in [-0.3, -0.25) is 14.7 Å². The van der Waals surface area contributed by atoms with E-state index in [4.69, 9.17) is 4.74 Å². The Morgan fingerprint density at radius 1 is 1.31 bits per heavy atom. The lowest BCUT2D eigenvalue weighted by Gasteiger charge is -2.15. The summed E-state index contributed by atoms with van der Waals surface area (Å²) in [6.45, 7) is 5.59. The minimum absolute atomic E-state index is 0.138. The summed E-state index contributed by atoms with van der Waals surface area (Å²) in [7, 11) is 1.56. The van der Waals surface area contributed by atoms with Crippen LogP contribution in [0, 0.1) is 20.8 Å². The number of amides is 1. The second-order valence-corrected chi connectivity index (χ2v) is 7.02. The minimum Gasteiger partial charge on any atom is -0.495 e. The predicted molar refractivity (Wildman–Crippen MR) is 103 cm³/mol. The number of nitrogens with zero attached hydrogens (tertiary/aromatic N) is 2. The Balaban J connectivity index is 1.92. The maximum Gasteiger partial charge on any atom is 0.266 e. The molecule has 1 aromatic carbocycles. The number of halogens is 1. The van der Waals surface area contributed by atoms with Crippen molar-refractivity contribution in [3.63, 3.8) is 0 Å². The van der Waals surface area contributed by atoms with E-state index in [1.807, 2.05) is 26.8 Å². The first kappa shape index (κ1) is 18.2. The van der Waals surface area contributed by atoms with Gasteiger partial charge in [0.1, 0.15) is 5.75 Å². The topological polar surface area (TPSA) is 88.5 Å². The Labute approximate surface area is 158 Å². The number of methoxy groups -OCH3 is 1. The number of hydrogen-bond acceptors (Lipinski definition) is 4. The van der Waals surface area contributed by atoms with Crippen molar-refractivity contribution in [1.29, 1.82) is 0 Å². The molecule has 0 bridgehead atoms. The minimum atomic E-state index is -0.225. The highest BCUT2D eigenvalue weighted by Crippen LogP contribution is 2.32. The normalized spacial score (nSPS) is 11.0. The highest BCUT2D eigenvalue weighted by atomic mass is 79.9. The molecule has 0 spiro atoms. The van der Waals surface area contributed by atoms with Crippen LogP contribution in [0.2, 0.25) is 0 Å². The maximum absolute atomic E-state index is 12.6. The number of rotatable bonds is 4. The molecule has 0 aliphatic heterocycles. The fourth-order valence-electron chi connectivity index (χ4n) is 2.99. The molecule has 0 atom stereocenters. The van der Waals surface area contributed by atoms with Crippen molar-refractivity contribution in [2.45, 2.75) is 27.2 Å². The van der Waals surface area contributed by atoms with Crippen molar-refractivity contribution in [2.24, 2.45) is 0 Å². The summed E-state index contributed by atoms with van der Waals surface area (Å²) in [6.07, 6.45) is 0.138. The molecular formula is C18H19BrN4O3. The first-order valence-corrected chi connectivity index (χ1v) is 8.81. The van der Waals surface area contributed by atoms with Gasteiger partial charge in [-0.25, -0.2) is 9.50 Å². The number of fused-ring (bicyclic) bond motifs is 1. The van der Waals surface area contributed by atoms with E-state index in [9.17, 15) is 9.59 Å². The molecule has 8 heteroatoms. The summed E-state index contributed by atoms with van der Waals surface area (Å²) in [4.78, 5) is 28.6. The SMILES string of the molecule is COc1cc(Br)cc(C)c1NC(=O)Cc1c(C)nc2cc(=O)[nH]n2c1C. The third-order valence-corrected chi connectivity index (χ3v) is 4.75. The van der Waals surface area contributed by atoms with Gasteiger partial charge < -0.3 is 10.1 Å². The van der Waals surface area contributed by atoms with Crippen LogP contribution in [0.25, 0.3) is 5.65 Å². The van der Waals surface area contributed by atoms with Gasteiger partial charge in [0.2, 0.25) is 5.91 Å². The fraction of sp³-hybridized carbons (Fsp3) is 0.278. The molecule has 0 unspecified atom stereocenters. The van der Waals surface area contributed by atoms with Crippen molar-refractivity contribution in [3.05, 3.63) is 55.5 Å². The van der Waals surface area contributed by atoms with Gasteiger partial charge >= 0.3 is 0 Å².